The number of ether oxygens (including phenoxy) is 1. The van der Waals surface area contributed by atoms with Gasteiger partial charge in [-0.2, -0.15) is 0 Å². The molecule has 0 heterocycles. The largest absolute Gasteiger partial charge is 0.463 e. The van der Waals surface area contributed by atoms with Crippen molar-refractivity contribution >= 4 is 17.4 Å². The lowest BCUT2D eigenvalue weighted by molar-refractivity contribution is -0.384. The topological polar surface area (TPSA) is 86.5 Å². The Balaban J connectivity index is 0.000000351. The first-order valence-corrected chi connectivity index (χ1v) is 7.13. The Morgan fingerprint density at radius 1 is 1.08 bits per heavy atom. The summed E-state index contributed by atoms with van der Waals surface area (Å²) in [6.07, 6.45) is 1.14. The van der Waals surface area contributed by atoms with Crippen molar-refractivity contribution in [2.24, 2.45) is 0 Å². The second-order valence-corrected chi connectivity index (χ2v) is 4.46. The summed E-state index contributed by atoms with van der Waals surface area (Å²) in [7, 11) is 0. The molecule has 6 nitrogen and oxygen atoms in total. The monoisotopic (exact) mass is 327 g/mol. The van der Waals surface area contributed by atoms with Gasteiger partial charge < -0.3 is 4.74 Å². The number of hydrogen-bond donors (Lipinski definition) is 0. The third kappa shape index (κ3) is 5.84. The summed E-state index contributed by atoms with van der Waals surface area (Å²) in [6.45, 7) is 5.38. The number of carbonyl (C=O) groups excluding carboxylic acids is 2. The molecule has 0 radical (unpaired) electrons. The molecule has 2 aromatic rings. The molecule has 0 saturated heterocycles. The predicted octanol–water partition coefficient (Wildman–Crippen LogP) is 3.56. The van der Waals surface area contributed by atoms with Crippen molar-refractivity contribution in [3.63, 3.8) is 0 Å². The van der Waals surface area contributed by atoms with Crippen LogP contribution in [0.25, 0.3) is 0 Å². The first kappa shape index (κ1) is 18.8. The van der Waals surface area contributed by atoms with E-state index in [1.54, 1.807) is 31.2 Å². The Morgan fingerprint density at radius 3 is 2.04 bits per heavy atom. The smallest absolute Gasteiger partial charge is 0.330 e. The average molecular weight is 327 g/mol. The zero-order valence-corrected chi connectivity index (χ0v) is 13.2. The first-order valence-electron chi connectivity index (χ1n) is 7.13. The van der Waals surface area contributed by atoms with Crippen molar-refractivity contribution in [1.29, 1.82) is 0 Å². The highest BCUT2D eigenvalue weighted by atomic mass is 16.6. The number of nitro benzene ring substituents is 1. The van der Waals surface area contributed by atoms with Gasteiger partial charge in [-0.25, -0.2) is 4.79 Å². The molecule has 0 aliphatic carbocycles. The molecule has 0 saturated carbocycles. The third-order valence-corrected chi connectivity index (χ3v) is 2.83. The van der Waals surface area contributed by atoms with Crippen LogP contribution >= 0.6 is 0 Å². The van der Waals surface area contributed by atoms with E-state index < -0.39 is 4.92 Å². The molecule has 124 valence electrons. The van der Waals surface area contributed by atoms with E-state index in [9.17, 15) is 19.7 Å². The van der Waals surface area contributed by atoms with Crippen molar-refractivity contribution in [3.05, 3.63) is 88.5 Å². The summed E-state index contributed by atoms with van der Waals surface area (Å²) in [5.41, 5.74) is 0.998. The highest BCUT2D eigenvalue weighted by molar-refractivity contribution is 6.09. The highest BCUT2D eigenvalue weighted by Crippen LogP contribution is 2.15. The fourth-order valence-electron chi connectivity index (χ4n) is 1.69. The van der Waals surface area contributed by atoms with E-state index in [-0.39, 0.29) is 17.4 Å². The molecule has 0 bridgehead atoms. The van der Waals surface area contributed by atoms with Crippen molar-refractivity contribution < 1.29 is 19.2 Å². The molecular formula is C18H17NO5. The first-order chi connectivity index (χ1) is 11.5. The van der Waals surface area contributed by atoms with Crippen LogP contribution in [-0.4, -0.2) is 23.3 Å². The van der Waals surface area contributed by atoms with Gasteiger partial charge >= 0.3 is 5.97 Å². The van der Waals surface area contributed by atoms with Gasteiger partial charge in [0.25, 0.3) is 5.69 Å². The van der Waals surface area contributed by atoms with E-state index >= 15 is 0 Å². The van der Waals surface area contributed by atoms with Crippen LogP contribution in [0, 0.1) is 10.1 Å². The lowest BCUT2D eigenvalue weighted by atomic mass is 10.0. The van der Waals surface area contributed by atoms with Gasteiger partial charge in [0.1, 0.15) is 0 Å². The van der Waals surface area contributed by atoms with E-state index in [2.05, 4.69) is 11.3 Å². The third-order valence-electron chi connectivity index (χ3n) is 2.83. The van der Waals surface area contributed by atoms with Crippen LogP contribution in [0.3, 0.4) is 0 Å². The summed E-state index contributed by atoms with van der Waals surface area (Å²) in [5, 5.41) is 10.5. The molecular weight excluding hydrogens is 310 g/mol. The number of nitro groups is 1. The number of hydrogen-bond acceptors (Lipinski definition) is 5. The Bertz CT molecular complexity index is 708. The molecule has 0 atom stereocenters. The molecule has 0 unspecified atom stereocenters. The normalized spacial score (nSPS) is 9.21. The van der Waals surface area contributed by atoms with Crippen LogP contribution in [-0.2, 0) is 9.53 Å². The predicted molar refractivity (Wildman–Crippen MR) is 89.8 cm³/mol. The number of benzene rings is 2. The molecule has 0 spiro atoms. The minimum Gasteiger partial charge on any atom is -0.463 e. The molecule has 0 aromatic heterocycles. The molecule has 0 N–H and O–H groups in total. The van der Waals surface area contributed by atoms with Gasteiger partial charge in [0.05, 0.1) is 11.5 Å². The van der Waals surface area contributed by atoms with Crippen LogP contribution in [0.4, 0.5) is 5.69 Å². The summed E-state index contributed by atoms with van der Waals surface area (Å²) < 4.78 is 4.43. The fourth-order valence-corrected chi connectivity index (χ4v) is 1.69. The second kappa shape index (κ2) is 9.68. The minimum absolute atomic E-state index is 0.0189. The summed E-state index contributed by atoms with van der Waals surface area (Å²) in [6, 6.07) is 14.4. The number of ketones is 1. The fraction of sp³-hybridized carbons (Fsp3) is 0.111. The average Bonchev–Trinajstić information content (AvgIpc) is 2.62. The standard InChI is InChI=1S/C13H9NO3.C5H8O2/c15-13(10-4-2-1-3-5-10)11-6-8-12(9-7-11)14(16)17;1-3-5(6)7-4-2/h1-9H;3H,1,4H2,2H3. The molecule has 0 aliphatic rings. The quantitative estimate of drug-likeness (QED) is 0.275. The molecule has 0 fully saturated rings. The molecule has 0 aliphatic heterocycles. The van der Waals surface area contributed by atoms with Crippen molar-refractivity contribution in [2.75, 3.05) is 6.61 Å². The summed E-state index contributed by atoms with van der Waals surface area (Å²) >= 11 is 0. The van der Waals surface area contributed by atoms with Crippen LogP contribution in [0.1, 0.15) is 22.8 Å². The summed E-state index contributed by atoms with van der Waals surface area (Å²) in [5.74, 6) is -0.497. The van der Waals surface area contributed by atoms with Crippen LogP contribution in [0.2, 0.25) is 0 Å². The van der Waals surface area contributed by atoms with E-state index in [0.717, 1.165) is 6.08 Å². The Labute approximate surface area is 139 Å². The zero-order chi connectivity index (χ0) is 17.9. The van der Waals surface area contributed by atoms with Gasteiger partial charge in [-0.1, -0.05) is 36.9 Å². The maximum Gasteiger partial charge on any atom is 0.330 e. The van der Waals surface area contributed by atoms with E-state index in [4.69, 9.17) is 0 Å². The van der Waals surface area contributed by atoms with Gasteiger partial charge in [0.15, 0.2) is 5.78 Å². The van der Waals surface area contributed by atoms with Gasteiger partial charge in [0, 0.05) is 29.3 Å². The van der Waals surface area contributed by atoms with Gasteiger partial charge in [-0.15, -0.1) is 0 Å². The van der Waals surface area contributed by atoms with E-state index in [0.29, 0.717) is 17.7 Å². The van der Waals surface area contributed by atoms with E-state index in [1.165, 1.54) is 24.3 Å². The lowest BCUT2D eigenvalue weighted by Gasteiger charge is -2.00. The van der Waals surface area contributed by atoms with E-state index in [1.807, 2.05) is 6.07 Å². The van der Waals surface area contributed by atoms with Crippen LogP contribution < -0.4 is 0 Å². The minimum atomic E-state index is -0.489. The molecule has 2 aromatic carbocycles. The van der Waals surface area contributed by atoms with Crippen LogP contribution in [0.5, 0.6) is 0 Å². The molecule has 0 amide bonds. The number of esters is 1. The van der Waals surface area contributed by atoms with Crippen molar-refractivity contribution in [3.8, 4) is 0 Å². The maximum atomic E-state index is 12.0. The molecule has 6 heteroatoms. The highest BCUT2D eigenvalue weighted by Gasteiger charge is 2.10. The van der Waals surface area contributed by atoms with Gasteiger partial charge in [-0.3, -0.25) is 14.9 Å². The Morgan fingerprint density at radius 2 is 1.62 bits per heavy atom. The molecule has 2 rings (SSSR count). The Hall–Kier alpha value is -3.28. The zero-order valence-electron chi connectivity index (χ0n) is 13.2. The number of non-ortho nitro benzene ring substituents is 1. The van der Waals surface area contributed by atoms with Gasteiger partial charge in [-0.05, 0) is 19.1 Å². The maximum absolute atomic E-state index is 12.0. The van der Waals surface area contributed by atoms with Crippen molar-refractivity contribution in [2.45, 2.75) is 6.92 Å². The van der Waals surface area contributed by atoms with Crippen LogP contribution in [0.15, 0.2) is 67.3 Å². The second-order valence-electron chi connectivity index (χ2n) is 4.46. The molecule has 24 heavy (non-hydrogen) atoms. The van der Waals surface area contributed by atoms with Gasteiger partial charge in [0.2, 0.25) is 0 Å². The summed E-state index contributed by atoms with van der Waals surface area (Å²) in [4.78, 5) is 32.0. The lowest BCUT2D eigenvalue weighted by Crippen LogP contribution is -2.00. The number of nitrogens with zero attached hydrogens (tertiary/aromatic N) is 1. The van der Waals surface area contributed by atoms with Crippen molar-refractivity contribution in [1.82, 2.24) is 0 Å². The number of carbonyl (C=O) groups is 2. The number of rotatable bonds is 5. The SMILES string of the molecule is C=CC(=O)OCC.O=C(c1ccccc1)c1ccc([N+](=O)[O-])cc1. The Kier molecular flexibility index (Phi) is 7.57.